The molecule has 1 aliphatic carbocycles. The van der Waals surface area contributed by atoms with E-state index in [9.17, 15) is 9.90 Å². The van der Waals surface area contributed by atoms with Gasteiger partial charge in [-0.2, -0.15) is 0 Å². The largest absolute Gasteiger partial charge is 0.481 e. The first-order valence-corrected chi connectivity index (χ1v) is 6.05. The van der Waals surface area contributed by atoms with Crippen LogP contribution < -0.4 is 0 Å². The fourth-order valence-corrected chi connectivity index (χ4v) is 2.66. The molecular formula is C12H22O3. The minimum atomic E-state index is -0.727. The molecule has 3 atom stereocenters. The van der Waals surface area contributed by atoms with E-state index in [1.165, 1.54) is 12.8 Å². The first-order chi connectivity index (χ1) is 7.15. The van der Waals surface area contributed by atoms with Crippen molar-refractivity contribution in [3.05, 3.63) is 0 Å². The minimum absolute atomic E-state index is 0.203. The van der Waals surface area contributed by atoms with Gasteiger partial charge in [0.2, 0.25) is 0 Å². The van der Waals surface area contributed by atoms with Gasteiger partial charge in [-0.25, -0.2) is 0 Å². The summed E-state index contributed by atoms with van der Waals surface area (Å²) in [6, 6.07) is 0. The molecule has 88 valence electrons. The molecule has 3 nitrogen and oxygen atoms in total. The van der Waals surface area contributed by atoms with Crippen LogP contribution in [0.2, 0.25) is 0 Å². The molecule has 2 N–H and O–H groups in total. The van der Waals surface area contributed by atoms with E-state index in [4.69, 9.17) is 5.11 Å². The number of rotatable bonds is 6. The van der Waals surface area contributed by atoms with Crippen LogP contribution in [0.4, 0.5) is 0 Å². The molecule has 0 aromatic carbocycles. The highest BCUT2D eigenvalue weighted by Gasteiger charge is 2.35. The number of aliphatic hydroxyl groups is 1. The molecule has 0 aromatic rings. The molecule has 0 amide bonds. The van der Waals surface area contributed by atoms with Crippen LogP contribution >= 0.6 is 0 Å². The van der Waals surface area contributed by atoms with E-state index < -0.39 is 5.97 Å². The Morgan fingerprint density at radius 3 is 2.67 bits per heavy atom. The van der Waals surface area contributed by atoms with Gasteiger partial charge in [-0.15, -0.1) is 0 Å². The van der Waals surface area contributed by atoms with Gasteiger partial charge in [-0.1, -0.05) is 26.2 Å². The average Bonchev–Trinajstić information content (AvgIpc) is 2.49. The van der Waals surface area contributed by atoms with Crippen LogP contribution in [0.5, 0.6) is 0 Å². The van der Waals surface area contributed by atoms with Crippen LogP contribution in [0.15, 0.2) is 0 Å². The highest BCUT2D eigenvalue weighted by Crippen LogP contribution is 2.37. The molecule has 3 heteroatoms. The molecule has 1 saturated carbocycles. The second-order valence-corrected chi connectivity index (χ2v) is 4.66. The Morgan fingerprint density at radius 1 is 1.33 bits per heavy atom. The summed E-state index contributed by atoms with van der Waals surface area (Å²) in [6.45, 7) is 2.15. The Bertz CT molecular complexity index is 203. The fourth-order valence-electron chi connectivity index (χ4n) is 2.66. The molecule has 0 aromatic heterocycles. The van der Waals surface area contributed by atoms with Gasteiger partial charge >= 0.3 is 5.97 Å². The Balaban J connectivity index is 2.38. The van der Waals surface area contributed by atoms with Crippen molar-refractivity contribution in [3.8, 4) is 0 Å². The second kappa shape index (κ2) is 6.11. The van der Waals surface area contributed by atoms with E-state index in [1.54, 1.807) is 0 Å². The Kier molecular flexibility index (Phi) is 5.09. The second-order valence-electron chi connectivity index (χ2n) is 4.66. The van der Waals surface area contributed by atoms with E-state index in [0.29, 0.717) is 0 Å². The molecule has 0 spiro atoms. The zero-order valence-corrected chi connectivity index (χ0v) is 9.48. The van der Waals surface area contributed by atoms with Crippen LogP contribution in [-0.2, 0) is 4.79 Å². The standard InChI is InChI=1S/C12H22O3/c1-2-3-4-5-10-9(8-12(14)15)6-7-11(10)13/h9-11,13H,2-8H2,1H3,(H,14,15)/t9-,10-,11+/m0/s1. The number of carbonyl (C=O) groups is 1. The number of carboxylic acid groups (broad SMARTS) is 1. The number of aliphatic carboxylic acids is 1. The van der Waals surface area contributed by atoms with Crippen LogP contribution in [0.25, 0.3) is 0 Å². The minimum Gasteiger partial charge on any atom is -0.481 e. The van der Waals surface area contributed by atoms with Gasteiger partial charge in [0.05, 0.1) is 6.10 Å². The molecule has 0 saturated heterocycles. The lowest BCUT2D eigenvalue weighted by molar-refractivity contribution is -0.138. The van der Waals surface area contributed by atoms with Gasteiger partial charge in [0, 0.05) is 6.42 Å². The predicted octanol–water partition coefficient (Wildman–Crippen LogP) is 2.43. The third-order valence-corrected chi connectivity index (χ3v) is 3.51. The lowest BCUT2D eigenvalue weighted by Gasteiger charge is -2.20. The van der Waals surface area contributed by atoms with Gasteiger partial charge in [0.25, 0.3) is 0 Å². The van der Waals surface area contributed by atoms with Crippen molar-refractivity contribution in [1.29, 1.82) is 0 Å². The molecule has 0 unspecified atom stereocenters. The summed E-state index contributed by atoms with van der Waals surface area (Å²) in [5.74, 6) is -0.295. The summed E-state index contributed by atoms with van der Waals surface area (Å²) in [4.78, 5) is 10.7. The number of aliphatic hydroxyl groups excluding tert-OH is 1. The maximum Gasteiger partial charge on any atom is 0.303 e. The third-order valence-electron chi connectivity index (χ3n) is 3.51. The normalized spacial score (nSPS) is 30.7. The van der Waals surface area contributed by atoms with Crippen molar-refractivity contribution < 1.29 is 15.0 Å². The van der Waals surface area contributed by atoms with Crippen molar-refractivity contribution in [1.82, 2.24) is 0 Å². The lowest BCUT2D eigenvalue weighted by atomic mass is 9.87. The molecule has 0 bridgehead atoms. The zero-order chi connectivity index (χ0) is 11.3. The zero-order valence-electron chi connectivity index (χ0n) is 9.48. The SMILES string of the molecule is CCCCC[C@H]1[C@H](CC(=O)O)CC[C@H]1O. The van der Waals surface area contributed by atoms with Crippen molar-refractivity contribution in [2.45, 2.75) is 58.0 Å². The summed E-state index contributed by atoms with van der Waals surface area (Å²) in [6.07, 6.45) is 6.11. The van der Waals surface area contributed by atoms with Gasteiger partial charge in [0.1, 0.15) is 0 Å². The summed E-state index contributed by atoms with van der Waals surface area (Å²) >= 11 is 0. The van der Waals surface area contributed by atoms with E-state index in [-0.39, 0.29) is 24.4 Å². The maximum absolute atomic E-state index is 10.7. The van der Waals surface area contributed by atoms with Gasteiger partial charge in [-0.05, 0) is 31.1 Å². The Hall–Kier alpha value is -0.570. The predicted molar refractivity (Wildman–Crippen MR) is 58.6 cm³/mol. The summed E-state index contributed by atoms with van der Waals surface area (Å²) < 4.78 is 0. The molecule has 0 radical (unpaired) electrons. The van der Waals surface area contributed by atoms with Gasteiger partial charge in [0.15, 0.2) is 0 Å². The first kappa shape index (κ1) is 12.5. The fraction of sp³-hybridized carbons (Fsp3) is 0.917. The smallest absolute Gasteiger partial charge is 0.303 e. The Labute approximate surface area is 91.5 Å². The molecule has 1 rings (SSSR count). The average molecular weight is 214 g/mol. The molecule has 0 heterocycles. The van der Waals surface area contributed by atoms with Crippen LogP contribution in [0.1, 0.15) is 51.9 Å². The van der Waals surface area contributed by atoms with Crippen molar-refractivity contribution in [2.75, 3.05) is 0 Å². The first-order valence-electron chi connectivity index (χ1n) is 6.05. The van der Waals surface area contributed by atoms with E-state index in [0.717, 1.165) is 25.7 Å². The highest BCUT2D eigenvalue weighted by molar-refractivity contribution is 5.67. The van der Waals surface area contributed by atoms with Crippen molar-refractivity contribution in [2.24, 2.45) is 11.8 Å². The van der Waals surface area contributed by atoms with E-state index in [2.05, 4.69) is 6.92 Å². The molecule has 1 fully saturated rings. The highest BCUT2D eigenvalue weighted by atomic mass is 16.4. The molecular weight excluding hydrogens is 192 g/mol. The quantitative estimate of drug-likeness (QED) is 0.668. The number of hydrogen-bond acceptors (Lipinski definition) is 2. The summed E-state index contributed by atoms with van der Waals surface area (Å²) in [5, 5.41) is 18.5. The number of hydrogen-bond donors (Lipinski definition) is 2. The monoisotopic (exact) mass is 214 g/mol. The molecule has 15 heavy (non-hydrogen) atoms. The van der Waals surface area contributed by atoms with E-state index in [1.807, 2.05) is 0 Å². The number of carboxylic acids is 1. The number of unbranched alkanes of at least 4 members (excludes halogenated alkanes) is 2. The van der Waals surface area contributed by atoms with Crippen molar-refractivity contribution in [3.63, 3.8) is 0 Å². The topological polar surface area (TPSA) is 57.5 Å². The summed E-state index contributed by atoms with van der Waals surface area (Å²) in [7, 11) is 0. The Morgan fingerprint density at radius 2 is 2.07 bits per heavy atom. The van der Waals surface area contributed by atoms with Crippen LogP contribution in [0, 0.1) is 11.8 Å². The molecule has 1 aliphatic rings. The lowest BCUT2D eigenvalue weighted by Crippen LogP contribution is -2.21. The van der Waals surface area contributed by atoms with E-state index >= 15 is 0 Å². The maximum atomic E-state index is 10.7. The van der Waals surface area contributed by atoms with Crippen LogP contribution in [-0.4, -0.2) is 22.3 Å². The molecule has 0 aliphatic heterocycles. The summed E-state index contributed by atoms with van der Waals surface area (Å²) in [5.41, 5.74) is 0. The third kappa shape index (κ3) is 3.82. The van der Waals surface area contributed by atoms with Crippen molar-refractivity contribution >= 4 is 5.97 Å². The van der Waals surface area contributed by atoms with Gasteiger partial charge < -0.3 is 10.2 Å². The van der Waals surface area contributed by atoms with Crippen LogP contribution in [0.3, 0.4) is 0 Å². The van der Waals surface area contributed by atoms with Gasteiger partial charge in [-0.3, -0.25) is 4.79 Å².